The molecule has 0 spiro atoms. The van der Waals surface area contributed by atoms with Crippen molar-refractivity contribution in [1.29, 1.82) is 0 Å². The Morgan fingerprint density at radius 3 is 2.57 bits per heavy atom. The van der Waals surface area contributed by atoms with E-state index in [0.29, 0.717) is 30.5 Å². The van der Waals surface area contributed by atoms with Gasteiger partial charge in [0, 0.05) is 11.3 Å². The molecule has 1 fully saturated rings. The summed E-state index contributed by atoms with van der Waals surface area (Å²) in [4.78, 5) is 17.3. The summed E-state index contributed by atoms with van der Waals surface area (Å²) >= 11 is 6.24. The Hall–Kier alpha value is -2.18. The van der Waals surface area contributed by atoms with Gasteiger partial charge in [0.15, 0.2) is 0 Å². The number of hydrogen-bond acceptors (Lipinski definition) is 6. The first kappa shape index (κ1) is 17.2. The lowest BCUT2D eigenvalue weighted by Gasteiger charge is -2.27. The fourth-order valence-corrected chi connectivity index (χ4v) is 2.05. The first-order valence-electron chi connectivity index (χ1n) is 6.93. The van der Waals surface area contributed by atoms with Crippen molar-refractivity contribution in [2.75, 3.05) is 20.3 Å². The van der Waals surface area contributed by atoms with Crippen molar-refractivity contribution < 1.29 is 19.0 Å². The highest BCUT2D eigenvalue weighted by Crippen LogP contribution is 2.31. The van der Waals surface area contributed by atoms with E-state index >= 15 is 0 Å². The number of halogens is 1. The normalized spacial score (nSPS) is 13.3. The first-order chi connectivity index (χ1) is 11.1. The lowest BCUT2D eigenvalue weighted by atomic mass is 10.1. The van der Waals surface area contributed by atoms with E-state index < -0.39 is 0 Å². The fourth-order valence-electron chi connectivity index (χ4n) is 1.83. The van der Waals surface area contributed by atoms with E-state index in [1.54, 1.807) is 6.33 Å². The number of aromatic nitrogens is 2. The summed E-state index contributed by atoms with van der Waals surface area (Å²) in [5, 5.41) is 0.584. The van der Waals surface area contributed by atoms with Crippen molar-refractivity contribution in [3.63, 3.8) is 0 Å². The van der Waals surface area contributed by atoms with Crippen molar-refractivity contribution in [3.05, 3.63) is 41.3 Å². The fraction of sp³-hybridized carbons (Fsp3) is 0.312. The second-order valence-electron chi connectivity index (χ2n) is 4.80. The van der Waals surface area contributed by atoms with Crippen LogP contribution in [0.25, 0.3) is 11.3 Å². The maximum atomic E-state index is 8.95. The van der Waals surface area contributed by atoms with Crippen molar-refractivity contribution >= 4 is 18.1 Å². The molecule has 1 aliphatic rings. The van der Waals surface area contributed by atoms with Crippen LogP contribution in [0.1, 0.15) is 5.69 Å². The number of rotatable bonds is 4. The van der Waals surface area contributed by atoms with Crippen LogP contribution in [-0.2, 0) is 14.3 Å². The maximum Gasteiger partial charge on any atom is 0.292 e. The molecule has 0 amide bonds. The molecule has 0 radical (unpaired) electrons. The van der Waals surface area contributed by atoms with E-state index in [4.69, 9.17) is 25.9 Å². The first-order valence-corrected chi connectivity index (χ1v) is 7.31. The molecule has 0 N–H and O–H groups in total. The maximum absolute atomic E-state index is 8.95. The lowest BCUT2D eigenvalue weighted by Crippen LogP contribution is -2.38. The molecule has 1 aromatic heterocycles. The van der Waals surface area contributed by atoms with Gasteiger partial charge in [-0.05, 0) is 31.2 Å². The SMILES string of the molecule is COC=O.Cc1cc(-c2ccc(OC3COC3)c(Cl)c2)ncn1. The van der Waals surface area contributed by atoms with E-state index in [2.05, 4.69) is 14.7 Å². The van der Waals surface area contributed by atoms with Crippen LogP contribution >= 0.6 is 11.6 Å². The number of aryl methyl sites for hydroxylation is 1. The van der Waals surface area contributed by atoms with Gasteiger partial charge in [0.1, 0.15) is 18.2 Å². The summed E-state index contributed by atoms with van der Waals surface area (Å²) in [6, 6.07) is 7.60. The number of nitrogens with zero attached hydrogens (tertiary/aromatic N) is 2. The molecule has 0 atom stereocenters. The molecule has 0 saturated carbocycles. The quantitative estimate of drug-likeness (QED) is 0.799. The van der Waals surface area contributed by atoms with E-state index in [9.17, 15) is 0 Å². The van der Waals surface area contributed by atoms with E-state index in [1.165, 1.54) is 7.11 Å². The third kappa shape index (κ3) is 4.91. The highest BCUT2D eigenvalue weighted by atomic mass is 35.5. The Bertz CT molecular complexity index is 662. The molecular weight excluding hydrogens is 320 g/mol. The average Bonchev–Trinajstić information content (AvgIpc) is 2.52. The summed E-state index contributed by atoms with van der Waals surface area (Å²) in [6.07, 6.45) is 1.67. The molecule has 2 heterocycles. The number of methoxy groups -OCH3 is 1. The van der Waals surface area contributed by atoms with E-state index in [0.717, 1.165) is 17.0 Å². The molecule has 23 heavy (non-hydrogen) atoms. The van der Waals surface area contributed by atoms with Crippen LogP contribution in [0, 0.1) is 6.92 Å². The highest BCUT2D eigenvalue weighted by Gasteiger charge is 2.21. The van der Waals surface area contributed by atoms with Gasteiger partial charge in [-0.25, -0.2) is 9.97 Å². The zero-order valence-corrected chi connectivity index (χ0v) is 13.6. The summed E-state index contributed by atoms with van der Waals surface area (Å²) in [5.41, 5.74) is 2.73. The molecule has 1 saturated heterocycles. The van der Waals surface area contributed by atoms with Crippen LogP contribution in [0.4, 0.5) is 0 Å². The van der Waals surface area contributed by atoms with Crippen LogP contribution < -0.4 is 4.74 Å². The predicted molar refractivity (Wildman–Crippen MR) is 85.5 cm³/mol. The van der Waals surface area contributed by atoms with E-state index in [1.807, 2.05) is 31.2 Å². The Balaban J connectivity index is 0.000000433. The molecule has 0 unspecified atom stereocenters. The number of carbonyl (C=O) groups excluding carboxylic acids is 1. The zero-order chi connectivity index (χ0) is 16.7. The zero-order valence-electron chi connectivity index (χ0n) is 12.9. The number of benzene rings is 1. The van der Waals surface area contributed by atoms with Gasteiger partial charge in [0.2, 0.25) is 0 Å². The summed E-state index contributed by atoms with van der Waals surface area (Å²) in [6.45, 7) is 3.56. The lowest BCUT2D eigenvalue weighted by molar-refractivity contribution is -0.126. The summed E-state index contributed by atoms with van der Waals surface area (Å²) in [5.74, 6) is 0.685. The molecule has 0 bridgehead atoms. The molecule has 7 heteroatoms. The molecule has 1 aliphatic heterocycles. The van der Waals surface area contributed by atoms with Crippen LogP contribution in [0.2, 0.25) is 5.02 Å². The van der Waals surface area contributed by atoms with Crippen molar-refractivity contribution in [1.82, 2.24) is 9.97 Å². The average molecular weight is 337 g/mol. The molecule has 0 aliphatic carbocycles. The molecule has 2 aromatic rings. The van der Waals surface area contributed by atoms with Crippen LogP contribution in [0.5, 0.6) is 5.75 Å². The molecular formula is C16H17ClN2O4. The molecule has 6 nitrogen and oxygen atoms in total. The minimum absolute atomic E-state index is 0.115. The Kier molecular flexibility index (Phi) is 6.31. The van der Waals surface area contributed by atoms with Crippen LogP contribution in [-0.4, -0.2) is 42.9 Å². The van der Waals surface area contributed by atoms with Gasteiger partial charge in [0.05, 0.1) is 31.0 Å². The van der Waals surface area contributed by atoms with Gasteiger partial charge in [-0.1, -0.05) is 11.6 Å². The van der Waals surface area contributed by atoms with Gasteiger partial charge < -0.3 is 14.2 Å². The Labute approximate surface area is 139 Å². The standard InChI is InChI=1S/C14H13ClN2O2.C2H4O2/c1-9-4-13(17-8-16-9)10-2-3-14(12(15)5-10)19-11-6-18-7-11;1-4-2-3/h2-5,8,11H,6-7H2,1H3;2H,1H3. The number of hydrogen-bond donors (Lipinski definition) is 0. The molecule has 1 aromatic carbocycles. The number of ether oxygens (including phenoxy) is 3. The number of carbonyl (C=O) groups is 1. The van der Waals surface area contributed by atoms with Gasteiger partial charge >= 0.3 is 0 Å². The second-order valence-corrected chi connectivity index (χ2v) is 5.21. The largest absolute Gasteiger partial charge is 0.484 e. The predicted octanol–water partition coefficient (Wildman–Crippen LogP) is 2.67. The van der Waals surface area contributed by atoms with E-state index in [-0.39, 0.29) is 6.10 Å². The minimum atomic E-state index is 0.115. The summed E-state index contributed by atoms with van der Waals surface area (Å²) < 4.78 is 14.6. The topological polar surface area (TPSA) is 70.5 Å². The smallest absolute Gasteiger partial charge is 0.292 e. The Morgan fingerprint density at radius 1 is 1.30 bits per heavy atom. The van der Waals surface area contributed by atoms with Crippen molar-refractivity contribution in [2.45, 2.75) is 13.0 Å². The third-order valence-electron chi connectivity index (χ3n) is 3.03. The summed E-state index contributed by atoms with van der Waals surface area (Å²) in [7, 11) is 1.31. The highest BCUT2D eigenvalue weighted by molar-refractivity contribution is 6.32. The van der Waals surface area contributed by atoms with Gasteiger partial charge in [-0.15, -0.1) is 0 Å². The third-order valence-corrected chi connectivity index (χ3v) is 3.32. The van der Waals surface area contributed by atoms with Crippen molar-refractivity contribution in [3.8, 4) is 17.0 Å². The van der Waals surface area contributed by atoms with Gasteiger partial charge in [-0.2, -0.15) is 0 Å². The van der Waals surface area contributed by atoms with Gasteiger partial charge in [-0.3, -0.25) is 4.79 Å². The second kappa shape index (κ2) is 8.45. The van der Waals surface area contributed by atoms with Crippen LogP contribution in [0.15, 0.2) is 30.6 Å². The molecule has 122 valence electrons. The van der Waals surface area contributed by atoms with Crippen LogP contribution in [0.3, 0.4) is 0 Å². The van der Waals surface area contributed by atoms with Gasteiger partial charge in [0.25, 0.3) is 6.47 Å². The monoisotopic (exact) mass is 336 g/mol. The minimum Gasteiger partial charge on any atom is -0.484 e. The molecule has 3 rings (SSSR count). The Morgan fingerprint density at radius 2 is 2.04 bits per heavy atom. The van der Waals surface area contributed by atoms with Crippen molar-refractivity contribution in [2.24, 2.45) is 0 Å².